The smallest absolute Gasteiger partial charge is 0.411 e. The summed E-state index contributed by atoms with van der Waals surface area (Å²) in [5.41, 5.74) is -1.17. The molecule has 0 saturated carbocycles. The topological polar surface area (TPSA) is 68.1 Å². The number of esters is 1. The van der Waals surface area contributed by atoms with Crippen LogP contribution < -0.4 is 10.4 Å². The molecule has 0 unspecified atom stereocenters. The normalized spacial score (nSPS) is 22.0. The SMILES string of the molecule is CC(C)(C)OC(=O)[C@H]1C[C@@H](CO[Si](c2ccccc2)(c2ccccc2)C(C)(C)C)CN1[C@H]1CN1C(=O)OC(C)(C)C. The zero-order valence-electron chi connectivity index (χ0n) is 26.3. The van der Waals surface area contributed by atoms with E-state index in [2.05, 4.69) is 74.2 Å². The number of carbonyl (C=O) groups is 2. The van der Waals surface area contributed by atoms with Crippen LogP contribution in [-0.4, -0.2) is 73.3 Å². The summed E-state index contributed by atoms with van der Waals surface area (Å²) in [6.07, 6.45) is 0.0869. The zero-order chi connectivity index (χ0) is 30.2. The highest BCUT2D eigenvalue weighted by molar-refractivity contribution is 6.99. The minimum Gasteiger partial charge on any atom is -0.459 e. The lowest BCUT2D eigenvalue weighted by atomic mass is 10.1. The van der Waals surface area contributed by atoms with Gasteiger partial charge in [0, 0.05) is 13.2 Å². The van der Waals surface area contributed by atoms with Crippen LogP contribution in [0.2, 0.25) is 5.04 Å². The first-order chi connectivity index (χ1) is 19.0. The first kappa shape index (κ1) is 31.3. The van der Waals surface area contributed by atoms with Crippen molar-refractivity contribution in [3.05, 3.63) is 60.7 Å². The molecule has 2 heterocycles. The Labute approximate surface area is 247 Å². The lowest BCUT2D eigenvalue weighted by molar-refractivity contribution is -0.160. The van der Waals surface area contributed by atoms with Gasteiger partial charge in [-0.2, -0.15) is 0 Å². The summed E-state index contributed by atoms with van der Waals surface area (Å²) >= 11 is 0. The number of amides is 1. The van der Waals surface area contributed by atoms with E-state index < -0.39 is 25.6 Å². The van der Waals surface area contributed by atoms with Crippen molar-refractivity contribution in [3.63, 3.8) is 0 Å². The minimum atomic E-state index is -2.72. The van der Waals surface area contributed by atoms with E-state index in [-0.39, 0.29) is 29.2 Å². The Kier molecular flexibility index (Phi) is 8.79. The van der Waals surface area contributed by atoms with E-state index in [9.17, 15) is 9.59 Å². The molecule has 0 bridgehead atoms. The largest absolute Gasteiger partial charge is 0.459 e. The van der Waals surface area contributed by atoms with Crippen molar-refractivity contribution in [2.75, 3.05) is 19.7 Å². The predicted molar refractivity (Wildman–Crippen MR) is 165 cm³/mol. The van der Waals surface area contributed by atoms with E-state index in [0.717, 1.165) is 0 Å². The third-order valence-electron chi connectivity index (χ3n) is 7.65. The van der Waals surface area contributed by atoms with E-state index in [1.807, 2.05) is 53.7 Å². The van der Waals surface area contributed by atoms with Crippen LogP contribution in [-0.2, 0) is 18.7 Å². The Morgan fingerprint density at radius 1 is 0.780 bits per heavy atom. The van der Waals surface area contributed by atoms with Crippen molar-refractivity contribution in [1.29, 1.82) is 0 Å². The van der Waals surface area contributed by atoms with Crippen molar-refractivity contribution in [2.45, 2.75) is 97.2 Å². The molecule has 2 aliphatic heterocycles. The molecule has 3 atom stereocenters. The number of ether oxygens (including phenoxy) is 2. The summed E-state index contributed by atoms with van der Waals surface area (Å²) in [4.78, 5) is 30.0. The number of hydrogen-bond donors (Lipinski definition) is 0. The highest BCUT2D eigenvalue weighted by atomic mass is 28.4. The number of hydrogen-bond acceptors (Lipinski definition) is 6. The van der Waals surface area contributed by atoms with Crippen LogP contribution in [0.25, 0.3) is 0 Å². The predicted octanol–water partition coefficient (Wildman–Crippen LogP) is 5.17. The summed E-state index contributed by atoms with van der Waals surface area (Å²) in [7, 11) is -2.72. The van der Waals surface area contributed by atoms with Crippen LogP contribution in [0.3, 0.4) is 0 Å². The monoisotopic (exact) mass is 580 g/mol. The molecule has 2 aliphatic rings. The molecule has 7 nitrogen and oxygen atoms in total. The van der Waals surface area contributed by atoms with Crippen molar-refractivity contribution in [3.8, 4) is 0 Å². The Hall–Kier alpha value is -2.68. The molecule has 0 spiro atoms. The molecule has 2 aromatic carbocycles. The third-order valence-corrected chi connectivity index (χ3v) is 12.7. The van der Waals surface area contributed by atoms with Gasteiger partial charge in [0.15, 0.2) is 0 Å². The zero-order valence-corrected chi connectivity index (χ0v) is 27.3. The molecule has 224 valence electrons. The van der Waals surface area contributed by atoms with Crippen molar-refractivity contribution >= 4 is 30.8 Å². The van der Waals surface area contributed by atoms with Crippen LogP contribution >= 0.6 is 0 Å². The van der Waals surface area contributed by atoms with E-state index in [1.54, 1.807) is 4.90 Å². The molecule has 2 fully saturated rings. The summed E-state index contributed by atoms with van der Waals surface area (Å²) in [6.45, 7) is 19.8. The van der Waals surface area contributed by atoms with Gasteiger partial charge in [0.25, 0.3) is 8.32 Å². The number of nitrogens with zero attached hydrogens (tertiary/aromatic N) is 2. The molecule has 0 aliphatic carbocycles. The first-order valence-electron chi connectivity index (χ1n) is 14.7. The fourth-order valence-electron chi connectivity index (χ4n) is 5.94. The van der Waals surface area contributed by atoms with Gasteiger partial charge in [0.2, 0.25) is 0 Å². The van der Waals surface area contributed by atoms with Crippen LogP contribution in [0.1, 0.15) is 68.7 Å². The molecule has 41 heavy (non-hydrogen) atoms. The summed E-state index contributed by atoms with van der Waals surface area (Å²) in [6, 6.07) is 20.8. The van der Waals surface area contributed by atoms with E-state index in [1.165, 1.54) is 10.4 Å². The molecule has 0 radical (unpaired) electrons. The Balaban J connectivity index is 1.60. The number of benzene rings is 2. The molecule has 2 saturated heterocycles. The van der Waals surface area contributed by atoms with Gasteiger partial charge < -0.3 is 13.9 Å². The molecule has 1 amide bonds. The quantitative estimate of drug-likeness (QED) is 0.256. The van der Waals surface area contributed by atoms with E-state index in [0.29, 0.717) is 26.1 Å². The minimum absolute atomic E-state index is 0.107. The van der Waals surface area contributed by atoms with Crippen molar-refractivity contribution in [1.82, 2.24) is 9.80 Å². The second kappa shape index (κ2) is 11.5. The maximum atomic E-state index is 13.4. The van der Waals surface area contributed by atoms with E-state index >= 15 is 0 Å². The summed E-state index contributed by atoms with van der Waals surface area (Å²) in [5.74, 6) is -0.142. The number of rotatable bonds is 7. The van der Waals surface area contributed by atoms with Crippen LogP contribution in [0, 0.1) is 5.92 Å². The Bertz CT molecular complexity index is 1160. The van der Waals surface area contributed by atoms with E-state index in [4.69, 9.17) is 13.9 Å². The van der Waals surface area contributed by atoms with Gasteiger partial charge in [0.1, 0.15) is 23.4 Å². The highest BCUT2D eigenvalue weighted by Gasteiger charge is 2.54. The maximum Gasteiger partial charge on any atom is 0.411 e. The van der Waals surface area contributed by atoms with Crippen LogP contribution in [0.15, 0.2) is 60.7 Å². The summed E-state index contributed by atoms with van der Waals surface area (Å²) in [5, 5.41) is 2.33. The lowest BCUT2D eigenvalue weighted by Crippen LogP contribution is -2.67. The second-order valence-electron chi connectivity index (χ2n) is 14.4. The molecule has 8 heteroatoms. The van der Waals surface area contributed by atoms with Gasteiger partial charge >= 0.3 is 12.1 Å². The summed E-state index contributed by atoms with van der Waals surface area (Å²) < 4.78 is 18.7. The Morgan fingerprint density at radius 3 is 1.76 bits per heavy atom. The molecule has 0 N–H and O–H groups in total. The Morgan fingerprint density at radius 2 is 1.29 bits per heavy atom. The van der Waals surface area contributed by atoms with Crippen LogP contribution in [0.5, 0.6) is 0 Å². The average Bonchev–Trinajstić information content (AvgIpc) is 3.55. The van der Waals surface area contributed by atoms with Crippen LogP contribution in [0.4, 0.5) is 4.79 Å². The average molecular weight is 581 g/mol. The molecule has 0 aromatic heterocycles. The lowest BCUT2D eigenvalue weighted by Gasteiger charge is -2.43. The fraction of sp³-hybridized carbons (Fsp3) is 0.576. The number of likely N-dealkylation sites (tertiary alicyclic amines) is 1. The van der Waals surface area contributed by atoms with Gasteiger partial charge in [0.05, 0.1) is 6.54 Å². The van der Waals surface area contributed by atoms with Gasteiger partial charge in [-0.1, -0.05) is 81.4 Å². The molecular weight excluding hydrogens is 532 g/mol. The van der Waals surface area contributed by atoms with Crippen molar-refractivity contribution < 1.29 is 23.5 Å². The maximum absolute atomic E-state index is 13.4. The molecule has 4 rings (SSSR count). The second-order valence-corrected chi connectivity index (χ2v) is 18.7. The standard InChI is InChI=1S/C33H48N2O5Si/c1-31(2,3)39-29(36)27-20-24(21-34(27)28-22-35(28)30(37)40-32(4,5)6)23-38-41(33(7,8)9,25-16-12-10-13-17-25)26-18-14-11-15-19-26/h10-19,24,27-28H,20-23H2,1-9H3/t24-,27-,28-,35?/m1/s1. The van der Waals surface area contributed by atoms with Crippen molar-refractivity contribution in [2.24, 2.45) is 5.92 Å². The number of carbonyl (C=O) groups excluding carboxylic acids is 2. The molecule has 2 aromatic rings. The van der Waals surface area contributed by atoms with Gasteiger partial charge in [-0.15, -0.1) is 0 Å². The fourth-order valence-corrected chi connectivity index (χ4v) is 10.6. The highest BCUT2D eigenvalue weighted by Crippen LogP contribution is 2.39. The van der Waals surface area contributed by atoms with Gasteiger partial charge in [-0.3, -0.25) is 14.6 Å². The first-order valence-corrected chi connectivity index (χ1v) is 16.7. The molecular formula is C33H48N2O5Si. The third kappa shape index (κ3) is 7.22. The van der Waals surface area contributed by atoms with Gasteiger partial charge in [-0.05, 0) is 69.3 Å². The van der Waals surface area contributed by atoms with Gasteiger partial charge in [-0.25, -0.2) is 4.79 Å².